The molecule has 1 fully saturated rings. The minimum absolute atomic E-state index is 0.236. The lowest BCUT2D eigenvalue weighted by Crippen LogP contribution is -2.70. The highest BCUT2D eigenvalue weighted by Gasteiger charge is 2.56. The average Bonchev–Trinajstić information content (AvgIpc) is 2.62. The molecule has 3 N–H and O–H groups in total. The van der Waals surface area contributed by atoms with Crippen LogP contribution in [0.25, 0.3) is 0 Å². The zero-order valence-corrected chi connectivity index (χ0v) is 16.3. The summed E-state index contributed by atoms with van der Waals surface area (Å²) >= 11 is 0. The van der Waals surface area contributed by atoms with Gasteiger partial charge in [-0.3, -0.25) is 10.1 Å². The minimum Gasteiger partial charge on any atom is -0.493 e. The number of fused-ring (bicyclic) bond motifs is 4. The van der Waals surface area contributed by atoms with Crippen molar-refractivity contribution in [2.24, 2.45) is 5.92 Å². The van der Waals surface area contributed by atoms with Gasteiger partial charge < -0.3 is 20.1 Å². The van der Waals surface area contributed by atoms with Gasteiger partial charge in [-0.15, -0.1) is 0 Å². The Morgan fingerprint density at radius 1 is 1.25 bits per heavy atom. The zero-order chi connectivity index (χ0) is 20.1. The van der Waals surface area contributed by atoms with Gasteiger partial charge in [0.05, 0.1) is 13.2 Å². The fraction of sp³-hybridized carbons (Fsp3) is 0.333. The first-order valence-electron chi connectivity index (χ1n) is 9.15. The van der Waals surface area contributed by atoms with Gasteiger partial charge in [-0.05, 0) is 38.5 Å². The zero-order valence-electron chi connectivity index (χ0n) is 16.3. The SMILES string of the molecule is COc1cccc2c1OC1(C)NC(=O)NC2C1C(=O)Nc1ccc(C)cc1C. The monoisotopic (exact) mass is 381 g/mol. The third kappa shape index (κ3) is 2.83. The van der Waals surface area contributed by atoms with Crippen molar-refractivity contribution < 1.29 is 19.1 Å². The second kappa shape index (κ2) is 6.44. The molecule has 1 saturated heterocycles. The molecular weight excluding hydrogens is 358 g/mol. The molecule has 2 aliphatic rings. The van der Waals surface area contributed by atoms with Gasteiger partial charge in [0.25, 0.3) is 0 Å². The quantitative estimate of drug-likeness (QED) is 0.763. The lowest BCUT2D eigenvalue weighted by atomic mass is 9.79. The molecule has 7 nitrogen and oxygen atoms in total. The van der Waals surface area contributed by atoms with Gasteiger partial charge in [0.1, 0.15) is 5.92 Å². The van der Waals surface area contributed by atoms with Crippen LogP contribution in [0.1, 0.15) is 29.7 Å². The molecule has 28 heavy (non-hydrogen) atoms. The molecule has 0 radical (unpaired) electrons. The third-order valence-corrected chi connectivity index (χ3v) is 5.38. The summed E-state index contributed by atoms with van der Waals surface area (Å²) in [4.78, 5) is 25.5. The molecule has 7 heteroatoms. The normalized spacial score (nSPS) is 24.9. The van der Waals surface area contributed by atoms with Gasteiger partial charge in [-0.25, -0.2) is 4.79 Å². The van der Waals surface area contributed by atoms with Crippen molar-refractivity contribution in [3.8, 4) is 11.5 Å². The van der Waals surface area contributed by atoms with Crippen molar-refractivity contribution in [3.05, 3.63) is 53.1 Å². The van der Waals surface area contributed by atoms with E-state index in [1.807, 2.05) is 44.2 Å². The van der Waals surface area contributed by atoms with E-state index in [0.717, 1.165) is 16.8 Å². The summed E-state index contributed by atoms with van der Waals surface area (Å²) in [5.41, 5.74) is 2.33. The van der Waals surface area contributed by atoms with E-state index in [0.29, 0.717) is 17.1 Å². The second-order valence-corrected chi connectivity index (χ2v) is 7.45. The van der Waals surface area contributed by atoms with E-state index in [1.165, 1.54) is 0 Å². The maximum atomic E-state index is 13.3. The summed E-state index contributed by atoms with van der Waals surface area (Å²) in [6, 6.07) is 10.4. The number of carbonyl (C=O) groups excluding carboxylic acids is 2. The highest BCUT2D eigenvalue weighted by molar-refractivity contribution is 5.96. The van der Waals surface area contributed by atoms with Gasteiger partial charge in [-0.1, -0.05) is 29.8 Å². The maximum absolute atomic E-state index is 13.3. The molecule has 146 valence electrons. The van der Waals surface area contributed by atoms with E-state index in [1.54, 1.807) is 20.1 Å². The molecule has 2 aromatic rings. The molecule has 3 unspecified atom stereocenters. The number of hydrogen-bond acceptors (Lipinski definition) is 4. The molecule has 0 saturated carbocycles. The fourth-order valence-electron chi connectivity index (χ4n) is 4.05. The molecule has 2 bridgehead atoms. The molecule has 2 aliphatic heterocycles. The third-order valence-electron chi connectivity index (χ3n) is 5.38. The molecule has 4 rings (SSSR count). The van der Waals surface area contributed by atoms with Gasteiger partial charge in [0.2, 0.25) is 5.91 Å². The first-order chi connectivity index (χ1) is 13.3. The molecule has 2 aromatic carbocycles. The predicted molar refractivity (Wildman–Crippen MR) is 104 cm³/mol. The van der Waals surface area contributed by atoms with Crippen LogP contribution >= 0.6 is 0 Å². The first kappa shape index (κ1) is 18.2. The van der Waals surface area contributed by atoms with E-state index in [-0.39, 0.29) is 11.9 Å². The smallest absolute Gasteiger partial charge is 0.318 e. The Labute approximate surface area is 163 Å². The minimum atomic E-state index is -1.21. The van der Waals surface area contributed by atoms with Crippen molar-refractivity contribution in [2.75, 3.05) is 12.4 Å². The Hall–Kier alpha value is -3.22. The Kier molecular flexibility index (Phi) is 4.18. The summed E-state index contributed by atoms with van der Waals surface area (Å²) in [5.74, 6) is 0.173. The number of aryl methyl sites for hydroxylation is 2. The van der Waals surface area contributed by atoms with Crippen LogP contribution in [-0.4, -0.2) is 24.8 Å². The van der Waals surface area contributed by atoms with Crippen LogP contribution in [0.15, 0.2) is 36.4 Å². The summed E-state index contributed by atoms with van der Waals surface area (Å²) in [6.07, 6.45) is 0. The van der Waals surface area contributed by atoms with Crippen LogP contribution in [0.3, 0.4) is 0 Å². The molecule has 0 aliphatic carbocycles. The molecule has 3 amide bonds. The van der Waals surface area contributed by atoms with Gasteiger partial charge >= 0.3 is 6.03 Å². The van der Waals surface area contributed by atoms with E-state index in [9.17, 15) is 9.59 Å². The summed E-state index contributed by atoms with van der Waals surface area (Å²) in [6.45, 7) is 5.66. The number of rotatable bonds is 3. The first-order valence-corrected chi connectivity index (χ1v) is 9.15. The number of benzene rings is 2. The van der Waals surface area contributed by atoms with E-state index < -0.39 is 17.7 Å². The maximum Gasteiger partial charge on any atom is 0.318 e. The number of nitrogens with one attached hydrogen (secondary N) is 3. The molecule has 2 heterocycles. The number of carbonyl (C=O) groups is 2. The van der Waals surface area contributed by atoms with Crippen LogP contribution in [0.4, 0.5) is 10.5 Å². The number of hydrogen-bond donors (Lipinski definition) is 3. The highest BCUT2D eigenvalue weighted by atomic mass is 16.5. The van der Waals surface area contributed by atoms with Gasteiger partial charge in [0, 0.05) is 11.3 Å². The average molecular weight is 381 g/mol. The number of amides is 3. The standard InChI is InChI=1S/C21H23N3O4/c1-11-8-9-14(12(2)10-11)22-19(25)16-17-13-6-5-7-15(27-4)18(13)28-21(16,3)24-20(26)23-17/h5-10,16-17H,1-4H3,(H,22,25)(H2,23,24,26). The van der Waals surface area contributed by atoms with Crippen molar-refractivity contribution >= 4 is 17.6 Å². The summed E-state index contributed by atoms with van der Waals surface area (Å²) < 4.78 is 11.5. The molecule has 0 spiro atoms. The largest absolute Gasteiger partial charge is 0.493 e. The number of methoxy groups -OCH3 is 1. The molecular formula is C21H23N3O4. The summed E-state index contributed by atoms with van der Waals surface area (Å²) in [5, 5.41) is 8.64. The number of anilines is 1. The topological polar surface area (TPSA) is 88.7 Å². The molecule has 0 aromatic heterocycles. The van der Waals surface area contributed by atoms with E-state index in [2.05, 4.69) is 16.0 Å². The van der Waals surface area contributed by atoms with Crippen molar-refractivity contribution in [3.63, 3.8) is 0 Å². The summed E-state index contributed by atoms with van der Waals surface area (Å²) in [7, 11) is 1.56. The van der Waals surface area contributed by atoms with Crippen molar-refractivity contribution in [1.82, 2.24) is 10.6 Å². The molecule has 3 atom stereocenters. The van der Waals surface area contributed by atoms with Crippen LogP contribution < -0.4 is 25.4 Å². The van der Waals surface area contributed by atoms with Crippen molar-refractivity contribution in [1.29, 1.82) is 0 Å². The van der Waals surface area contributed by atoms with Gasteiger partial charge in [-0.2, -0.15) is 0 Å². The van der Waals surface area contributed by atoms with Crippen LogP contribution in [-0.2, 0) is 4.79 Å². The fourth-order valence-corrected chi connectivity index (χ4v) is 4.05. The van der Waals surface area contributed by atoms with Gasteiger partial charge in [0.15, 0.2) is 17.2 Å². The Morgan fingerprint density at radius 3 is 2.75 bits per heavy atom. The Bertz CT molecular complexity index is 974. The number of para-hydroxylation sites is 1. The lowest BCUT2D eigenvalue weighted by molar-refractivity contribution is -0.133. The van der Waals surface area contributed by atoms with Crippen molar-refractivity contribution in [2.45, 2.75) is 32.5 Å². The Morgan fingerprint density at radius 2 is 2.04 bits per heavy atom. The number of ether oxygens (including phenoxy) is 2. The predicted octanol–water partition coefficient (Wildman–Crippen LogP) is 3.03. The van der Waals surface area contributed by atoms with Crippen LogP contribution in [0.2, 0.25) is 0 Å². The van der Waals surface area contributed by atoms with Crippen LogP contribution in [0, 0.1) is 19.8 Å². The second-order valence-electron chi connectivity index (χ2n) is 7.45. The Balaban J connectivity index is 1.74. The van der Waals surface area contributed by atoms with E-state index >= 15 is 0 Å². The highest BCUT2D eigenvalue weighted by Crippen LogP contribution is 2.48. The van der Waals surface area contributed by atoms with Crippen LogP contribution in [0.5, 0.6) is 11.5 Å². The number of urea groups is 1. The lowest BCUT2D eigenvalue weighted by Gasteiger charge is -2.49. The van der Waals surface area contributed by atoms with E-state index in [4.69, 9.17) is 9.47 Å².